The van der Waals surface area contributed by atoms with Crippen molar-refractivity contribution in [1.82, 2.24) is 0 Å². The number of anilines is 1. The lowest BCUT2D eigenvalue weighted by molar-refractivity contribution is -0.140. The Morgan fingerprint density at radius 1 is 1.44 bits per heavy atom. The molecule has 0 bridgehead atoms. The average Bonchev–Trinajstić information content (AvgIpc) is 2.30. The summed E-state index contributed by atoms with van der Waals surface area (Å²) in [7, 11) is 1.37. The zero-order chi connectivity index (χ0) is 12.0. The molecule has 0 radical (unpaired) electrons. The molecule has 4 heteroatoms. The van der Waals surface area contributed by atoms with Crippen molar-refractivity contribution in [2.24, 2.45) is 0 Å². The molecular formula is C12H16FNO2. The molecule has 0 fully saturated rings. The minimum Gasteiger partial charge on any atom is -0.469 e. The van der Waals surface area contributed by atoms with E-state index in [2.05, 4.69) is 10.1 Å². The molecule has 1 rings (SSSR count). The molecule has 1 aromatic carbocycles. The Bertz CT molecular complexity index is 337. The van der Waals surface area contributed by atoms with Gasteiger partial charge in [0.25, 0.3) is 0 Å². The van der Waals surface area contributed by atoms with Gasteiger partial charge in [-0.3, -0.25) is 4.79 Å². The Morgan fingerprint density at radius 3 is 2.56 bits per heavy atom. The average molecular weight is 225 g/mol. The summed E-state index contributed by atoms with van der Waals surface area (Å²) < 4.78 is 17.3. The van der Waals surface area contributed by atoms with Crippen molar-refractivity contribution in [2.45, 2.75) is 25.8 Å². The fourth-order valence-electron chi connectivity index (χ4n) is 1.36. The fourth-order valence-corrected chi connectivity index (χ4v) is 1.36. The second kappa shape index (κ2) is 6.10. The molecule has 1 atom stereocenters. The van der Waals surface area contributed by atoms with Crippen LogP contribution < -0.4 is 5.32 Å². The molecule has 3 nitrogen and oxygen atoms in total. The number of carbonyl (C=O) groups excluding carboxylic acids is 1. The van der Waals surface area contributed by atoms with Gasteiger partial charge in [-0.25, -0.2) is 4.39 Å². The topological polar surface area (TPSA) is 38.3 Å². The molecule has 0 aromatic heterocycles. The number of esters is 1. The Morgan fingerprint density at radius 2 is 2.06 bits per heavy atom. The number of ether oxygens (including phenoxy) is 1. The van der Waals surface area contributed by atoms with E-state index in [1.807, 2.05) is 6.92 Å². The first-order valence-corrected chi connectivity index (χ1v) is 5.24. The van der Waals surface area contributed by atoms with Gasteiger partial charge in [0, 0.05) is 11.7 Å². The standard InChI is InChI=1S/C12H16FNO2/c1-3-10(8-12(15)16-2)14-11-6-4-9(13)5-7-11/h4-7,10,14H,3,8H2,1-2H3. The van der Waals surface area contributed by atoms with E-state index >= 15 is 0 Å². The molecule has 0 saturated heterocycles. The van der Waals surface area contributed by atoms with Crippen LogP contribution in [0.25, 0.3) is 0 Å². The lowest BCUT2D eigenvalue weighted by Gasteiger charge is -2.16. The van der Waals surface area contributed by atoms with Gasteiger partial charge < -0.3 is 10.1 Å². The van der Waals surface area contributed by atoms with Crippen molar-refractivity contribution in [3.63, 3.8) is 0 Å². The van der Waals surface area contributed by atoms with Crippen LogP contribution in [0.5, 0.6) is 0 Å². The SMILES string of the molecule is CCC(CC(=O)OC)Nc1ccc(F)cc1. The second-order valence-corrected chi connectivity index (χ2v) is 3.54. The quantitative estimate of drug-likeness (QED) is 0.783. The van der Waals surface area contributed by atoms with Crippen molar-refractivity contribution >= 4 is 11.7 Å². The first kappa shape index (κ1) is 12.5. The Balaban J connectivity index is 2.56. The van der Waals surface area contributed by atoms with Crippen molar-refractivity contribution in [3.05, 3.63) is 30.1 Å². The third-order valence-electron chi connectivity index (χ3n) is 2.35. The number of nitrogens with one attached hydrogen (secondary N) is 1. The van der Waals surface area contributed by atoms with E-state index in [1.165, 1.54) is 19.2 Å². The minimum absolute atomic E-state index is 0.0120. The van der Waals surface area contributed by atoms with E-state index < -0.39 is 0 Å². The highest BCUT2D eigenvalue weighted by Gasteiger charge is 2.11. The number of rotatable bonds is 5. The molecule has 0 spiro atoms. The summed E-state index contributed by atoms with van der Waals surface area (Å²) in [6.07, 6.45) is 1.11. The van der Waals surface area contributed by atoms with Gasteiger partial charge in [-0.15, -0.1) is 0 Å². The van der Waals surface area contributed by atoms with E-state index in [0.29, 0.717) is 6.42 Å². The predicted octanol–water partition coefficient (Wildman–Crippen LogP) is 2.58. The number of hydrogen-bond acceptors (Lipinski definition) is 3. The van der Waals surface area contributed by atoms with Crippen LogP contribution in [0.2, 0.25) is 0 Å². The summed E-state index contributed by atoms with van der Waals surface area (Å²) in [6.45, 7) is 1.98. The maximum atomic E-state index is 12.7. The van der Waals surface area contributed by atoms with E-state index in [-0.39, 0.29) is 17.8 Å². The molecule has 88 valence electrons. The van der Waals surface area contributed by atoms with Crippen LogP contribution in [0.1, 0.15) is 19.8 Å². The van der Waals surface area contributed by atoms with Gasteiger partial charge in [-0.05, 0) is 30.7 Å². The van der Waals surface area contributed by atoms with Crippen molar-refractivity contribution in [3.8, 4) is 0 Å². The van der Waals surface area contributed by atoms with Gasteiger partial charge in [0.2, 0.25) is 0 Å². The maximum Gasteiger partial charge on any atom is 0.307 e. The first-order chi connectivity index (χ1) is 7.65. The summed E-state index contributed by atoms with van der Waals surface area (Å²) >= 11 is 0. The molecule has 0 aliphatic carbocycles. The zero-order valence-corrected chi connectivity index (χ0v) is 9.50. The van der Waals surface area contributed by atoms with Gasteiger partial charge in [-0.1, -0.05) is 6.92 Å². The molecule has 1 unspecified atom stereocenters. The van der Waals surface area contributed by atoms with Crippen LogP contribution in [0.15, 0.2) is 24.3 Å². The van der Waals surface area contributed by atoms with Crippen LogP contribution in [0.4, 0.5) is 10.1 Å². The van der Waals surface area contributed by atoms with Crippen LogP contribution in [0.3, 0.4) is 0 Å². The summed E-state index contributed by atoms with van der Waals surface area (Å²) in [5, 5.41) is 3.15. The zero-order valence-electron chi connectivity index (χ0n) is 9.50. The highest BCUT2D eigenvalue weighted by Crippen LogP contribution is 2.12. The van der Waals surface area contributed by atoms with Crippen LogP contribution in [0, 0.1) is 5.82 Å². The lowest BCUT2D eigenvalue weighted by Crippen LogP contribution is -2.22. The Kier molecular flexibility index (Phi) is 4.76. The lowest BCUT2D eigenvalue weighted by atomic mass is 10.1. The van der Waals surface area contributed by atoms with Crippen LogP contribution in [-0.4, -0.2) is 19.1 Å². The molecule has 0 amide bonds. The van der Waals surface area contributed by atoms with E-state index in [4.69, 9.17) is 0 Å². The largest absolute Gasteiger partial charge is 0.469 e. The molecule has 0 heterocycles. The molecule has 16 heavy (non-hydrogen) atoms. The summed E-state index contributed by atoms with van der Waals surface area (Å²) in [4.78, 5) is 11.1. The van der Waals surface area contributed by atoms with Crippen molar-refractivity contribution in [1.29, 1.82) is 0 Å². The summed E-state index contributed by atoms with van der Waals surface area (Å²) in [6, 6.07) is 6.07. The van der Waals surface area contributed by atoms with Crippen LogP contribution in [-0.2, 0) is 9.53 Å². The monoisotopic (exact) mass is 225 g/mol. The number of carbonyl (C=O) groups is 1. The minimum atomic E-state index is -0.272. The van der Waals surface area contributed by atoms with E-state index in [0.717, 1.165) is 12.1 Å². The van der Waals surface area contributed by atoms with Gasteiger partial charge in [0.15, 0.2) is 0 Å². The van der Waals surface area contributed by atoms with Crippen molar-refractivity contribution in [2.75, 3.05) is 12.4 Å². The Labute approximate surface area is 94.6 Å². The number of hydrogen-bond donors (Lipinski definition) is 1. The maximum absolute atomic E-state index is 12.7. The van der Waals surface area contributed by atoms with Crippen molar-refractivity contribution < 1.29 is 13.9 Å². The van der Waals surface area contributed by atoms with Crippen LogP contribution >= 0.6 is 0 Å². The predicted molar refractivity (Wildman–Crippen MR) is 60.7 cm³/mol. The molecule has 1 N–H and O–H groups in total. The van der Waals surface area contributed by atoms with Gasteiger partial charge in [0.05, 0.1) is 13.5 Å². The highest BCUT2D eigenvalue weighted by molar-refractivity contribution is 5.70. The third kappa shape index (κ3) is 3.88. The Hall–Kier alpha value is -1.58. The number of halogens is 1. The molecule has 0 aliphatic rings. The second-order valence-electron chi connectivity index (χ2n) is 3.54. The smallest absolute Gasteiger partial charge is 0.307 e. The van der Waals surface area contributed by atoms with Gasteiger partial charge in [-0.2, -0.15) is 0 Å². The third-order valence-corrected chi connectivity index (χ3v) is 2.35. The fraction of sp³-hybridized carbons (Fsp3) is 0.417. The van der Waals surface area contributed by atoms with Gasteiger partial charge in [0.1, 0.15) is 5.82 Å². The van der Waals surface area contributed by atoms with E-state index in [9.17, 15) is 9.18 Å². The highest BCUT2D eigenvalue weighted by atomic mass is 19.1. The number of methoxy groups -OCH3 is 1. The molecule has 1 aromatic rings. The summed E-state index contributed by atoms with van der Waals surface area (Å²) in [5.74, 6) is -0.520. The molecular weight excluding hydrogens is 209 g/mol. The van der Waals surface area contributed by atoms with E-state index in [1.54, 1.807) is 12.1 Å². The first-order valence-electron chi connectivity index (χ1n) is 5.24. The van der Waals surface area contributed by atoms with Gasteiger partial charge >= 0.3 is 5.97 Å². The molecule has 0 saturated carbocycles. The summed E-state index contributed by atoms with van der Waals surface area (Å²) in [5.41, 5.74) is 0.803. The molecule has 0 aliphatic heterocycles. The normalized spacial score (nSPS) is 11.9. The number of benzene rings is 1.